The van der Waals surface area contributed by atoms with Gasteiger partial charge in [-0.25, -0.2) is 0 Å². The molecule has 3 aromatic rings. The van der Waals surface area contributed by atoms with E-state index in [4.69, 9.17) is 4.52 Å². The van der Waals surface area contributed by atoms with Crippen LogP contribution >= 0.6 is 0 Å². The van der Waals surface area contributed by atoms with Crippen LogP contribution < -0.4 is 5.32 Å². The Kier molecular flexibility index (Phi) is 3.23. The number of aromatic amines is 1. The second-order valence-corrected chi connectivity index (χ2v) is 5.68. The summed E-state index contributed by atoms with van der Waals surface area (Å²) < 4.78 is 4.72. The maximum absolute atomic E-state index is 12.5. The highest BCUT2D eigenvalue weighted by atomic mass is 16.5. The van der Waals surface area contributed by atoms with Crippen LogP contribution in [0.25, 0.3) is 10.9 Å². The maximum atomic E-state index is 12.5. The summed E-state index contributed by atoms with van der Waals surface area (Å²) in [5.41, 5.74) is 2.27. The molecule has 0 aliphatic carbocycles. The highest BCUT2D eigenvalue weighted by molar-refractivity contribution is 5.90. The van der Waals surface area contributed by atoms with E-state index >= 15 is 0 Å². The van der Waals surface area contributed by atoms with Crippen molar-refractivity contribution in [3.63, 3.8) is 0 Å². The zero-order chi connectivity index (χ0) is 14.9. The number of hydrogen-bond acceptors (Lipinski definition) is 5. The summed E-state index contributed by atoms with van der Waals surface area (Å²) in [5.74, 6) is 0.746. The third-order valence-corrected chi connectivity index (χ3v) is 4.29. The van der Waals surface area contributed by atoms with E-state index in [1.807, 2.05) is 24.4 Å². The zero-order valence-corrected chi connectivity index (χ0v) is 12.0. The smallest absolute Gasteiger partial charge is 0.213 e. The molecule has 1 fully saturated rings. The van der Waals surface area contributed by atoms with Gasteiger partial charge < -0.3 is 14.8 Å². The number of Topliss-reactive ketones (excluding diaryl/α,β-unsaturated/α-hetero) is 1. The van der Waals surface area contributed by atoms with E-state index in [-0.39, 0.29) is 17.7 Å². The minimum absolute atomic E-state index is 0.0761. The highest BCUT2D eigenvalue weighted by Crippen LogP contribution is 2.22. The molecule has 0 amide bonds. The van der Waals surface area contributed by atoms with Crippen molar-refractivity contribution in [2.45, 2.75) is 18.9 Å². The van der Waals surface area contributed by atoms with Crippen molar-refractivity contribution in [3.8, 4) is 0 Å². The predicted molar refractivity (Wildman–Crippen MR) is 80.3 cm³/mol. The van der Waals surface area contributed by atoms with Gasteiger partial charge in [-0.15, -0.1) is 0 Å². The Morgan fingerprint density at radius 3 is 3.05 bits per heavy atom. The van der Waals surface area contributed by atoms with Crippen molar-refractivity contribution >= 4 is 16.7 Å². The van der Waals surface area contributed by atoms with E-state index in [0.717, 1.165) is 5.52 Å². The molecular formula is C16H16N4O2. The molecule has 1 unspecified atom stereocenters. The number of rotatable bonds is 4. The summed E-state index contributed by atoms with van der Waals surface area (Å²) in [7, 11) is 0. The molecule has 0 bridgehead atoms. The molecular weight excluding hydrogens is 280 g/mol. The quantitative estimate of drug-likeness (QED) is 0.762. The average molecular weight is 296 g/mol. The van der Waals surface area contributed by atoms with Crippen LogP contribution in [0, 0.1) is 5.92 Å². The fourth-order valence-corrected chi connectivity index (χ4v) is 3.14. The highest BCUT2D eigenvalue weighted by Gasteiger charge is 2.34. The van der Waals surface area contributed by atoms with Crippen molar-refractivity contribution in [2.75, 3.05) is 6.54 Å². The van der Waals surface area contributed by atoms with E-state index < -0.39 is 0 Å². The first-order valence-electron chi connectivity index (χ1n) is 7.38. The molecule has 0 spiro atoms. The Balaban J connectivity index is 1.49. The molecule has 1 aromatic carbocycles. The number of nitrogens with one attached hydrogen (secondary N) is 2. The number of H-pyrrole nitrogens is 1. The lowest BCUT2D eigenvalue weighted by Crippen LogP contribution is -2.30. The number of carbonyl (C=O) groups excluding carboxylic acids is 1. The monoisotopic (exact) mass is 296 g/mol. The molecule has 112 valence electrons. The van der Waals surface area contributed by atoms with E-state index in [1.54, 1.807) is 0 Å². The molecule has 6 heteroatoms. The number of hydrogen-bond donors (Lipinski definition) is 2. The van der Waals surface area contributed by atoms with Crippen LogP contribution in [0.5, 0.6) is 0 Å². The molecule has 1 aliphatic heterocycles. The van der Waals surface area contributed by atoms with Crippen molar-refractivity contribution in [1.82, 2.24) is 20.4 Å². The largest absolute Gasteiger partial charge is 0.361 e. The second kappa shape index (κ2) is 5.38. The Morgan fingerprint density at radius 1 is 1.27 bits per heavy atom. The van der Waals surface area contributed by atoms with Crippen LogP contribution in [-0.4, -0.2) is 33.5 Å². The molecule has 0 saturated carbocycles. The predicted octanol–water partition coefficient (Wildman–Crippen LogP) is 1.49. The van der Waals surface area contributed by atoms with E-state index in [9.17, 15) is 4.79 Å². The van der Waals surface area contributed by atoms with Crippen LogP contribution in [0.2, 0.25) is 0 Å². The van der Waals surface area contributed by atoms with Gasteiger partial charge in [-0.05, 0) is 18.1 Å². The summed E-state index contributed by atoms with van der Waals surface area (Å²) in [6.07, 6.45) is 4.52. The van der Waals surface area contributed by atoms with Gasteiger partial charge in [-0.3, -0.25) is 4.79 Å². The molecule has 1 aliphatic rings. The lowest BCUT2D eigenvalue weighted by Gasteiger charge is -2.08. The third-order valence-electron chi connectivity index (χ3n) is 4.29. The van der Waals surface area contributed by atoms with Gasteiger partial charge in [0.15, 0.2) is 11.6 Å². The summed E-state index contributed by atoms with van der Waals surface area (Å²) in [4.78, 5) is 19.8. The second-order valence-electron chi connectivity index (χ2n) is 5.68. The van der Waals surface area contributed by atoms with Crippen LogP contribution in [0.1, 0.15) is 11.4 Å². The van der Waals surface area contributed by atoms with Gasteiger partial charge in [-0.2, -0.15) is 4.98 Å². The first-order chi connectivity index (χ1) is 10.8. The molecule has 2 aromatic heterocycles. The molecule has 6 nitrogen and oxygen atoms in total. The Bertz CT molecular complexity index is 793. The minimum atomic E-state index is -0.142. The zero-order valence-electron chi connectivity index (χ0n) is 12.0. The molecule has 0 radical (unpaired) electrons. The SMILES string of the molecule is O=C1C(Cc2ncon2)CN[C@H]1Cc1c[nH]c2ccccc12. The Morgan fingerprint density at radius 2 is 2.18 bits per heavy atom. The number of fused-ring (bicyclic) bond motifs is 1. The molecule has 1 saturated heterocycles. The normalized spacial score (nSPS) is 21.7. The van der Waals surface area contributed by atoms with Crippen LogP contribution in [0.3, 0.4) is 0 Å². The van der Waals surface area contributed by atoms with Gasteiger partial charge >= 0.3 is 0 Å². The van der Waals surface area contributed by atoms with Crippen molar-refractivity contribution in [3.05, 3.63) is 48.2 Å². The van der Waals surface area contributed by atoms with E-state index in [0.29, 0.717) is 25.2 Å². The van der Waals surface area contributed by atoms with Crippen molar-refractivity contribution < 1.29 is 9.32 Å². The molecule has 2 N–H and O–H groups in total. The summed E-state index contributed by atoms with van der Waals surface area (Å²) >= 11 is 0. The number of benzene rings is 1. The lowest BCUT2D eigenvalue weighted by atomic mass is 9.96. The van der Waals surface area contributed by atoms with Gasteiger partial charge in [-0.1, -0.05) is 23.4 Å². The number of carbonyl (C=O) groups is 1. The molecule has 22 heavy (non-hydrogen) atoms. The first-order valence-corrected chi connectivity index (χ1v) is 7.38. The van der Waals surface area contributed by atoms with Gasteiger partial charge in [0.25, 0.3) is 0 Å². The standard InChI is InChI=1S/C16H16N4O2/c21-16-11(6-15-19-9-22-20-15)8-18-14(16)5-10-7-17-13-4-2-1-3-12(10)13/h1-4,7,9,11,14,17-18H,5-6,8H2/t11?,14-/m0/s1. The van der Waals surface area contributed by atoms with Gasteiger partial charge in [0.1, 0.15) is 0 Å². The number of aromatic nitrogens is 3. The molecule has 3 heterocycles. The van der Waals surface area contributed by atoms with Crippen molar-refractivity contribution in [1.29, 1.82) is 0 Å². The topological polar surface area (TPSA) is 83.8 Å². The fraction of sp³-hybridized carbons (Fsp3) is 0.312. The van der Waals surface area contributed by atoms with Crippen LogP contribution in [0.4, 0.5) is 0 Å². The van der Waals surface area contributed by atoms with Crippen molar-refractivity contribution in [2.24, 2.45) is 5.92 Å². The lowest BCUT2D eigenvalue weighted by molar-refractivity contribution is -0.121. The summed E-state index contributed by atoms with van der Waals surface area (Å²) in [6, 6.07) is 8.00. The average Bonchev–Trinajstić information content (AvgIpc) is 3.25. The Hall–Kier alpha value is -2.47. The van der Waals surface area contributed by atoms with Gasteiger partial charge in [0.05, 0.1) is 6.04 Å². The summed E-state index contributed by atoms with van der Waals surface area (Å²) in [6.45, 7) is 0.667. The van der Waals surface area contributed by atoms with E-state index in [1.165, 1.54) is 17.3 Å². The Labute approximate surface area is 126 Å². The maximum Gasteiger partial charge on any atom is 0.213 e. The molecule has 2 atom stereocenters. The summed E-state index contributed by atoms with van der Waals surface area (Å²) in [5, 5.41) is 8.29. The number of ketones is 1. The number of nitrogens with zero attached hydrogens (tertiary/aromatic N) is 2. The van der Waals surface area contributed by atoms with E-state index in [2.05, 4.69) is 26.5 Å². The third kappa shape index (κ3) is 2.31. The fourth-order valence-electron chi connectivity index (χ4n) is 3.14. The van der Waals surface area contributed by atoms with Gasteiger partial charge in [0.2, 0.25) is 6.39 Å². The minimum Gasteiger partial charge on any atom is -0.361 e. The van der Waals surface area contributed by atoms with Crippen LogP contribution in [0.15, 0.2) is 41.4 Å². The van der Waals surface area contributed by atoms with Crippen LogP contribution in [-0.2, 0) is 17.6 Å². The number of para-hydroxylation sites is 1. The molecule has 4 rings (SSSR count). The first kappa shape index (κ1) is 13.2. The van der Waals surface area contributed by atoms with Gasteiger partial charge in [0, 0.05) is 36.0 Å².